The van der Waals surface area contributed by atoms with Crippen molar-refractivity contribution in [2.45, 2.75) is 19.9 Å². The lowest BCUT2D eigenvalue weighted by atomic mass is 9.99. The van der Waals surface area contributed by atoms with E-state index in [-0.39, 0.29) is 0 Å². The van der Waals surface area contributed by atoms with Crippen molar-refractivity contribution in [1.82, 2.24) is 0 Å². The second-order valence-corrected chi connectivity index (χ2v) is 4.66. The molecule has 1 aliphatic heterocycles. The zero-order chi connectivity index (χ0) is 11.7. The summed E-state index contributed by atoms with van der Waals surface area (Å²) in [6, 6.07) is 6.66. The van der Waals surface area contributed by atoms with Gasteiger partial charge >= 0.3 is 0 Å². The highest BCUT2D eigenvalue weighted by molar-refractivity contribution is 5.78. The van der Waals surface area contributed by atoms with E-state index in [9.17, 15) is 0 Å². The Kier molecular flexibility index (Phi) is 2.95. The Bertz CT molecular complexity index is 362. The van der Waals surface area contributed by atoms with Crippen molar-refractivity contribution < 1.29 is 4.74 Å². The standard InChI is InChI=1S/C13H20N2O/c1-9(2)11-8-14-10-6-5-7-12(16-4)13(10)15(11)3/h5-7,9,11,14H,8H2,1-4H3. The maximum absolute atomic E-state index is 5.43. The summed E-state index contributed by atoms with van der Waals surface area (Å²) >= 11 is 0. The Morgan fingerprint density at radius 2 is 2.19 bits per heavy atom. The fraction of sp³-hybridized carbons (Fsp3) is 0.538. The molecule has 0 saturated heterocycles. The molecule has 0 bridgehead atoms. The molecule has 3 heteroatoms. The highest BCUT2D eigenvalue weighted by Gasteiger charge is 2.27. The van der Waals surface area contributed by atoms with Crippen LogP contribution >= 0.6 is 0 Å². The Labute approximate surface area is 97.4 Å². The lowest BCUT2D eigenvalue weighted by Gasteiger charge is -2.39. The van der Waals surface area contributed by atoms with Crippen molar-refractivity contribution in [3.63, 3.8) is 0 Å². The van der Waals surface area contributed by atoms with Crippen molar-refractivity contribution in [2.75, 3.05) is 30.9 Å². The molecule has 2 rings (SSSR count). The van der Waals surface area contributed by atoms with Crippen molar-refractivity contribution in [2.24, 2.45) is 5.92 Å². The summed E-state index contributed by atoms with van der Waals surface area (Å²) in [7, 11) is 3.87. The van der Waals surface area contributed by atoms with Crippen molar-refractivity contribution in [3.8, 4) is 5.75 Å². The lowest BCUT2D eigenvalue weighted by molar-refractivity contribution is 0.408. The number of methoxy groups -OCH3 is 1. The van der Waals surface area contributed by atoms with Crippen LogP contribution in [0.4, 0.5) is 11.4 Å². The molecule has 0 fully saturated rings. The van der Waals surface area contributed by atoms with Crippen LogP contribution in [0.15, 0.2) is 18.2 Å². The SMILES string of the molecule is COc1cccc2c1N(C)C(C(C)C)CN2. The molecule has 88 valence electrons. The van der Waals surface area contributed by atoms with E-state index in [0.29, 0.717) is 12.0 Å². The van der Waals surface area contributed by atoms with Crippen LogP contribution in [0.3, 0.4) is 0 Å². The van der Waals surface area contributed by atoms with E-state index in [1.54, 1.807) is 7.11 Å². The predicted octanol–water partition coefficient (Wildman–Crippen LogP) is 2.58. The molecule has 1 aromatic carbocycles. The minimum absolute atomic E-state index is 0.517. The van der Waals surface area contributed by atoms with Crippen LogP contribution in [0.5, 0.6) is 5.75 Å². The van der Waals surface area contributed by atoms with Crippen LogP contribution in [0.25, 0.3) is 0 Å². The van der Waals surface area contributed by atoms with E-state index in [1.807, 2.05) is 12.1 Å². The van der Waals surface area contributed by atoms with Gasteiger partial charge in [0.1, 0.15) is 11.4 Å². The number of nitrogens with one attached hydrogen (secondary N) is 1. The number of ether oxygens (including phenoxy) is 1. The van der Waals surface area contributed by atoms with E-state index < -0.39 is 0 Å². The van der Waals surface area contributed by atoms with E-state index in [2.05, 4.69) is 37.2 Å². The molecule has 1 heterocycles. The third-order valence-corrected chi connectivity index (χ3v) is 3.34. The molecule has 1 aliphatic rings. The summed E-state index contributed by atoms with van der Waals surface area (Å²) in [6.07, 6.45) is 0. The molecule has 0 amide bonds. The second-order valence-electron chi connectivity index (χ2n) is 4.66. The number of benzene rings is 1. The number of hydrogen-bond acceptors (Lipinski definition) is 3. The van der Waals surface area contributed by atoms with Crippen molar-refractivity contribution in [3.05, 3.63) is 18.2 Å². The Morgan fingerprint density at radius 1 is 1.44 bits per heavy atom. The minimum Gasteiger partial charge on any atom is -0.495 e. The van der Waals surface area contributed by atoms with Gasteiger partial charge in [0.2, 0.25) is 0 Å². The van der Waals surface area contributed by atoms with Gasteiger partial charge in [0.25, 0.3) is 0 Å². The van der Waals surface area contributed by atoms with Gasteiger partial charge in [-0.1, -0.05) is 19.9 Å². The van der Waals surface area contributed by atoms with Crippen LogP contribution in [-0.4, -0.2) is 26.7 Å². The highest BCUT2D eigenvalue weighted by Crippen LogP contribution is 2.39. The first-order valence-corrected chi connectivity index (χ1v) is 5.79. The van der Waals surface area contributed by atoms with Gasteiger partial charge in [-0.3, -0.25) is 0 Å². The lowest BCUT2D eigenvalue weighted by Crippen LogP contribution is -2.45. The summed E-state index contributed by atoms with van der Waals surface area (Å²) in [5, 5.41) is 3.48. The molecule has 1 aromatic rings. The average molecular weight is 220 g/mol. The van der Waals surface area contributed by atoms with E-state index in [4.69, 9.17) is 4.74 Å². The van der Waals surface area contributed by atoms with Gasteiger partial charge in [0.15, 0.2) is 0 Å². The molecule has 3 nitrogen and oxygen atoms in total. The Hall–Kier alpha value is -1.38. The number of anilines is 2. The maximum atomic E-state index is 5.43. The van der Waals surface area contributed by atoms with E-state index >= 15 is 0 Å². The van der Waals surface area contributed by atoms with Crippen LogP contribution < -0.4 is 15.0 Å². The third-order valence-electron chi connectivity index (χ3n) is 3.34. The van der Waals surface area contributed by atoms with E-state index in [0.717, 1.165) is 12.3 Å². The number of nitrogens with zero attached hydrogens (tertiary/aromatic N) is 1. The molecule has 0 saturated carbocycles. The van der Waals surface area contributed by atoms with Gasteiger partial charge in [0, 0.05) is 19.6 Å². The summed E-state index contributed by atoms with van der Waals surface area (Å²) in [5.74, 6) is 1.56. The minimum atomic E-state index is 0.517. The maximum Gasteiger partial charge on any atom is 0.144 e. The van der Waals surface area contributed by atoms with Crippen LogP contribution in [0.2, 0.25) is 0 Å². The first kappa shape index (κ1) is 11.1. The molecule has 0 spiro atoms. The molecular weight excluding hydrogens is 200 g/mol. The number of fused-ring (bicyclic) bond motifs is 1. The van der Waals surface area contributed by atoms with Crippen molar-refractivity contribution >= 4 is 11.4 Å². The van der Waals surface area contributed by atoms with Gasteiger partial charge < -0.3 is 15.0 Å². The summed E-state index contributed by atoms with van der Waals surface area (Å²) in [5.41, 5.74) is 2.34. The van der Waals surface area contributed by atoms with E-state index in [1.165, 1.54) is 11.4 Å². The molecule has 0 aliphatic carbocycles. The summed E-state index contributed by atoms with van der Waals surface area (Å²) in [6.45, 7) is 5.50. The monoisotopic (exact) mass is 220 g/mol. The van der Waals surface area contributed by atoms with Gasteiger partial charge in [-0.15, -0.1) is 0 Å². The number of para-hydroxylation sites is 1. The molecule has 16 heavy (non-hydrogen) atoms. The molecule has 1 atom stereocenters. The topological polar surface area (TPSA) is 24.5 Å². The summed E-state index contributed by atoms with van der Waals surface area (Å²) < 4.78 is 5.43. The van der Waals surface area contributed by atoms with Gasteiger partial charge in [0.05, 0.1) is 12.8 Å². The van der Waals surface area contributed by atoms with Gasteiger partial charge in [-0.2, -0.15) is 0 Å². The fourth-order valence-corrected chi connectivity index (χ4v) is 2.39. The zero-order valence-corrected chi connectivity index (χ0v) is 10.4. The molecule has 0 radical (unpaired) electrons. The quantitative estimate of drug-likeness (QED) is 0.829. The smallest absolute Gasteiger partial charge is 0.144 e. The number of hydrogen-bond donors (Lipinski definition) is 1. The molecule has 1 N–H and O–H groups in total. The first-order chi connectivity index (χ1) is 7.65. The number of likely N-dealkylation sites (N-methyl/N-ethyl adjacent to an activating group) is 1. The zero-order valence-electron chi connectivity index (χ0n) is 10.4. The van der Waals surface area contributed by atoms with Gasteiger partial charge in [-0.25, -0.2) is 0 Å². The van der Waals surface area contributed by atoms with Crippen LogP contribution in [0.1, 0.15) is 13.8 Å². The predicted molar refractivity (Wildman–Crippen MR) is 68.5 cm³/mol. The molecular formula is C13H20N2O. The summed E-state index contributed by atoms with van der Waals surface area (Å²) in [4.78, 5) is 2.33. The molecule has 1 unspecified atom stereocenters. The number of rotatable bonds is 2. The van der Waals surface area contributed by atoms with Crippen LogP contribution in [-0.2, 0) is 0 Å². The first-order valence-electron chi connectivity index (χ1n) is 5.79. The fourth-order valence-electron chi connectivity index (χ4n) is 2.39. The molecule has 0 aromatic heterocycles. The second kappa shape index (κ2) is 4.24. The normalized spacial score (nSPS) is 19.3. The highest BCUT2D eigenvalue weighted by atomic mass is 16.5. The van der Waals surface area contributed by atoms with Crippen LogP contribution in [0, 0.1) is 5.92 Å². The Morgan fingerprint density at radius 3 is 2.81 bits per heavy atom. The average Bonchev–Trinajstić information content (AvgIpc) is 2.28. The Balaban J connectivity index is 2.42. The largest absolute Gasteiger partial charge is 0.495 e. The third kappa shape index (κ3) is 1.70. The van der Waals surface area contributed by atoms with Crippen molar-refractivity contribution in [1.29, 1.82) is 0 Å². The van der Waals surface area contributed by atoms with Gasteiger partial charge in [-0.05, 0) is 18.1 Å².